The fourth-order valence-electron chi connectivity index (χ4n) is 1.69. The smallest absolute Gasteiger partial charge is 0.327 e. The van der Waals surface area contributed by atoms with Crippen LogP contribution in [0, 0.1) is 0 Å². The largest absolute Gasteiger partial charge is 0.343 e. The predicted octanol–water partition coefficient (Wildman–Crippen LogP) is 2.60. The molecule has 0 aromatic carbocycles. The molecule has 0 aliphatic carbocycles. The normalized spacial score (nSPS) is 14.5. The van der Waals surface area contributed by atoms with Crippen LogP contribution in [0.5, 0.6) is 0 Å². The van der Waals surface area contributed by atoms with Gasteiger partial charge < -0.3 is 5.73 Å². The number of rotatable bonds is 5. The lowest BCUT2D eigenvalue weighted by Crippen LogP contribution is -2.23. The van der Waals surface area contributed by atoms with E-state index >= 15 is 0 Å². The molecule has 0 saturated carbocycles. The summed E-state index contributed by atoms with van der Waals surface area (Å²) in [5.74, 6) is 0. The third-order valence-electron chi connectivity index (χ3n) is 2.62. The molecule has 0 aliphatic heterocycles. The highest BCUT2D eigenvalue weighted by Gasteiger charge is 2.22. The standard InChI is InChI=1S/C11H15BrN4OS2/c1-3-16-10(17)14-15-11(16)19-9(6(2)13)7-4-5-8(12)18-7/h4-6,9H,3,13H2,1-2H3,(H,14,17). The molecule has 2 aromatic rings. The minimum Gasteiger partial charge on any atom is -0.327 e. The van der Waals surface area contributed by atoms with Crippen LogP contribution >= 0.6 is 39.0 Å². The summed E-state index contributed by atoms with van der Waals surface area (Å²) in [5.41, 5.74) is 5.89. The van der Waals surface area contributed by atoms with Gasteiger partial charge in [0.25, 0.3) is 0 Å². The molecular weight excluding hydrogens is 348 g/mol. The number of nitrogens with two attached hydrogens (primary N) is 1. The molecule has 2 heterocycles. The number of H-pyrrole nitrogens is 1. The topological polar surface area (TPSA) is 76.7 Å². The van der Waals surface area contributed by atoms with E-state index in [0.29, 0.717) is 11.7 Å². The van der Waals surface area contributed by atoms with Crippen LogP contribution in [0.15, 0.2) is 25.9 Å². The van der Waals surface area contributed by atoms with Crippen LogP contribution < -0.4 is 11.4 Å². The van der Waals surface area contributed by atoms with E-state index in [2.05, 4.69) is 32.2 Å². The number of hydrogen-bond acceptors (Lipinski definition) is 5. The van der Waals surface area contributed by atoms with Crippen LogP contribution in [-0.2, 0) is 6.54 Å². The van der Waals surface area contributed by atoms with Gasteiger partial charge in [-0.05, 0) is 41.9 Å². The molecule has 2 rings (SSSR count). The highest BCUT2D eigenvalue weighted by molar-refractivity contribution is 9.11. The van der Waals surface area contributed by atoms with Crippen molar-refractivity contribution < 1.29 is 0 Å². The molecule has 104 valence electrons. The molecule has 3 N–H and O–H groups in total. The Morgan fingerprint density at radius 3 is 2.89 bits per heavy atom. The third kappa shape index (κ3) is 3.31. The van der Waals surface area contributed by atoms with E-state index in [1.807, 2.05) is 19.9 Å². The molecule has 19 heavy (non-hydrogen) atoms. The summed E-state index contributed by atoms with van der Waals surface area (Å²) in [5, 5.41) is 7.31. The minimum atomic E-state index is -0.180. The predicted molar refractivity (Wildman–Crippen MR) is 82.8 cm³/mol. The van der Waals surface area contributed by atoms with Gasteiger partial charge in [-0.2, -0.15) is 0 Å². The van der Waals surface area contributed by atoms with Crippen molar-refractivity contribution in [3.63, 3.8) is 0 Å². The van der Waals surface area contributed by atoms with Crippen LogP contribution in [0.1, 0.15) is 24.0 Å². The van der Waals surface area contributed by atoms with Crippen LogP contribution in [0.4, 0.5) is 0 Å². The van der Waals surface area contributed by atoms with Crippen molar-refractivity contribution in [1.82, 2.24) is 14.8 Å². The van der Waals surface area contributed by atoms with Gasteiger partial charge in [0.2, 0.25) is 0 Å². The first-order valence-corrected chi connectivity index (χ1v) is 8.34. The minimum absolute atomic E-state index is 0.0346. The van der Waals surface area contributed by atoms with Crippen molar-refractivity contribution in [2.45, 2.75) is 36.8 Å². The molecule has 8 heteroatoms. The summed E-state index contributed by atoms with van der Waals surface area (Å²) in [6.45, 7) is 4.48. The molecule has 0 saturated heterocycles. The molecule has 2 unspecified atom stereocenters. The quantitative estimate of drug-likeness (QED) is 0.801. The van der Waals surface area contributed by atoms with Crippen molar-refractivity contribution in [3.8, 4) is 0 Å². The lowest BCUT2D eigenvalue weighted by atomic mass is 10.2. The van der Waals surface area contributed by atoms with E-state index < -0.39 is 0 Å². The van der Waals surface area contributed by atoms with Crippen molar-refractivity contribution in [2.24, 2.45) is 5.73 Å². The summed E-state index contributed by atoms with van der Waals surface area (Å²) < 4.78 is 2.69. The van der Waals surface area contributed by atoms with Gasteiger partial charge >= 0.3 is 5.69 Å². The Kier molecular flexibility index (Phi) is 4.88. The van der Waals surface area contributed by atoms with Crippen LogP contribution in [0.2, 0.25) is 0 Å². The average molecular weight is 363 g/mol. The van der Waals surface area contributed by atoms with Gasteiger partial charge in [-0.25, -0.2) is 9.89 Å². The van der Waals surface area contributed by atoms with E-state index in [1.54, 1.807) is 15.9 Å². The third-order valence-corrected chi connectivity index (χ3v) is 5.94. The van der Waals surface area contributed by atoms with Crippen molar-refractivity contribution >= 4 is 39.0 Å². The molecule has 0 amide bonds. The van der Waals surface area contributed by atoms with Gasteiger partial charge in [0.05, 0.1) is 9.04 Å². The molecule has 0 spiro atoms. The summed E-state index contributed by atoms with van der Waals surface area (Å²) >= 11 is 6.63. The summed E-state index contributed by atoms with van der Waals surface area (Å²) in [6, 6.07) is 4.03. The highest BCUT2D eigenvalue weighted by Crippen LogP contribution is 2.40. The summed E-state index contributed by atoms with van der Waals surface area (Å²) in [6.07, 6.45) is 0. The lowest BCUT2D eigenvalue weighted by molar-refractivity contribution is 0.653. The molecule has 0 radical (unpaired) electrons. The number of thiophene rings is 1. The van der Waals surface area contributed by atoms with Crippen molar-refractivity contribution in [1.29, 1.82) is 0 Å². The maximum Gasteiger partial charge on any atom is 0.343 e. The Bertz CT molecular complexity index is 604. The molecule has 2 atom stereocenters. The van der Waals surface area contributed by atoms with Gasteiger partial charge in [-0.1, -0.05) is 11.8 Å². The van der Waals surface area contributed by atoms with E-state index in [-0.39, 0.29) is 17.0 Å². The fourth-order valence-corrected chi connectivity index (χ4v) is 4.58. The maximum absolute atomic E-state index is 11.6. The zero-order chi connectivity index (χ0) is 14.0. The number of aromatic amines is 1. The van der Waals surface area contributed by atoms with Crippen molar-refractivity contribution in [3.05, 3.63) is 31.3 Å². The molecule has 5 nitrogen and oxygen atoms in total. The Morgan fingerprint density at radius 2 is 2.37 bits per heavy atom. The van der Waals surface area contributed by atoms with Gasteiger partial charge in [-0.3, -0.25) is 4.57 Å². The Labute approximate surface area is 127 Å². The van der Waals surface area contributed by atoms with Crippen molar-refractivity contribution in [2.75, 3.05) is 0 Å². The average Bonchev–Trinajstić information content (AvgIpc) is 2.92. The first-order valence-electron chi connectivity index (χ1n) is 5.85. The monoisotopic (exact) mass is 362 g/mol. The van der Waals surface area contributed by atoms with Crippen LogP contribution in [0.3, 0.4) is 0 Å². The number of hydrogen-bond donors (Lipinski definition) is 2. The number of thioether (sulfide) groups is 1. The molecule has 0 bridgehead atoms. The molecule has 2 aromatic heterocycles. The van der Waals surface area contributed by atoms with E-state index in [1.165, 1.54) is 16.6 Å². The first kappa shape index (κ1) is 14.8. The number of halogens is 1. The van der Waals surface area contributed by atoms with Crippen LogP contribution in [0.25, 0.3) is 0 Å². The first-order chi connectivity index (χ1) is 9.02. The summed E-state index contributed by atoms with van der Waals surface area (Å²) in [4.78, 5) is 12.7. The molecule has 0 fully saturated rings. The maximum atomic E-state index is 11.6. The molecular formula is C11H15BrN4OS2. The second-order valence-electron chi connectivity index (χ2n) is 4.10. The molecule has 0 aliphatic rings. The van der Waals surface area contributed by atoms with Gasteiger partial charge in [0.1, 0.15) is 0 Å². The van der Waals surface area contributed by atoms with E-state index in [0.717, 1.165) is 3.79 Å². The highest BCUT2D eigenvalue weighted by atomic mass is 79.9. The number of aromatic nitrogens is 3. The Morgan fingerprint density at radius 1 is 1.63 bits per heavy atom. The summed E-state index contributed by atoms with van der Waals surface area (Å²) in [7, 11) is 0. The van der Waals surface area contributed by atoms with E-state index in [4.69, 9.17) is 5.73 Å². The fraction of sp³-hybridized carbons (Fsp3) is 0.455. The zero-order valence-corrected chi connectivity index (χ0v) is 13.8. The van der Waals surface area contributed by atoms with Gasteiger partial charge in [-0.15, -0.1) is 16.4 Å². The SMILES string of the molecule is CCn1c(SC(c2ccc(Br)s2)C(C)N)n[nH]c1=O. The zero-order valence-electron chi connectivity index (χ0n) is 10.6. The van der Waals surface area contributed by atoms with Crippen LogP contribution in [-0.4, -0.2) is 20.8 Å². The van der Waals surface area contributed by atoms with Gasteiger partial charge in [0.15, 0.2) is 5.16 Å². The number of nitrogens with zero attached hydrogens (tertiary/aromatic N) is 2. The Balaban J connectivity index is 2.29. The second-order valence-corrected chi connectivity index (χ2v) is 7.70. The number of nitrogens with one attached hydrogen (secondary N) is 1. The second kappa shape index (κ2) is 6.25. The van der Waals surface area contributed by atoms with Gasteiger partial charge in [0, 0.05) is 17.5 Å². The van der Waals surface area contributed by atoms with E-state index in [9.17, 15) is 4.79 Å². The lowest BCUT2D eigenvalue weighted by Gasteiger charge is -2.18. The Hall–Kier alpha value is -0.570.